The van der Waals surface area contributed by atoms with Crippen LogP contribution in [-0.4, -0.2) is 4.57 Å². The molecule has 0 aliphatic rings. The number of benzene rings is 11. The monoisotopic (exact) mass is 802 g/mol. The maximum atomic E-state index is 6.46. The average Bonchev–Trinajstić information content (AvgIpc) is 3.91. The average molecular weight is 803 g/mol. The smallest absolute Gasteiger partial charge is 0.143 e. The first-order valence-electron chi connectivity index (χ1n) is 21.6. The van der Waals surface area contributed by atoms with Crippen molar-refractivity contribution in [3.05, 3.63) is 231 Å². The molecule has 0 saturated heterocycles. The number of fused-ring (bicyclic) bond motifs is 11. The molecule has 0 aliphatic carbocycles. The molecule has 11 aromatic carbocycles. The fourth-order valence-electron chi connectivity index (χ4n) is 10.0. The van der Waals surface area contributed by atoms with E-state index in [0.717, 1.165) is 55.8 Å². The molecule has 13 aromatic rings. The van der Waals surface area contributed by atoms with Gasteiger partial charge in [0.05, 0.1) is 16.7 Å². The summed E-state index contributed by atoms with van der Waals surface area (Å²) in [7, 11) is 0. The van der Waals surface area contributed by atoms with E-state index in [4.69, 9.17) is 4.42 Å². The van der Waals surface area contributed by atoms with Gasteiger partial charge in [-0.3, -0.25) is 0 Å². The number of anilines is 3. The van der Waals surface area contributed by atoms with Crippen molar-refractivity contribution in [3.63, 3.8) is 0 Å². The van der Waals surface area contributed by atoms with Crippen molar-refractivity contribution >= 4 is 93.1 Å². The fraction of sp³-hybridized carbons (Fsp3) is 0. The molecule has 2 heterocycles. The molecule has 0 saturated carbocycles. The van der Waals surface area contributed by atoms with Crippen LogP contribution in [-0.2, 0) is 0 Å². The zero-order valence-corrected chi connectivity index (χ0v) is 34.2. The van der Waals surface area contributed by atoms with Crippen LogP contribution < -0.4 is 4.90 Å². The summed E-state index contributed by atoms with van der Waals surface area (Å²) in [6, 6.07) is 83.5. The van der Waals surface area contributed by atoms with Gasteiger partial charge in [-0.1, -0.05) is 170 Å². The normalized spacial score (nSPS) is 11.8. The molecule has 294 valence electrons. The third kappa shape index (κ3) is 5.60. The van der Waals surface area contributed by atoms with Gasteiger partial charge in [-0.15, -0.1) is 0 Å². The minimum atomic E-state index is 0.904. The lowest BCUT2D eigenvalue weighted by molar-refractivity contribution is 0.670. The zero-order valence-electron chi connectivity index (χ0n) is 34.2. The molecule has 0 unspecified atom stereocenters. The van der Waals surface area contributed by atoms with E-state index in [1.54, 1.807) is 0 Å². The Morgan fingerprint density at radius 3 is 1.76 bits per heavy atom. The van der Waals surface area contributed by atoms with Crippen molar-refractivity contribution in [1.82, 2.24) is 4.57 Å². The summed E-state index contributed by atoms with van der Waals surface area (Å²) in [6.45, 7) is 0. The molecule has 0 amide bonds. The van der Waals surface area contributed by atoms with Crippen LogP contribution in [0.25, 0.3) is 104 Å². The predicted octanol–water partition coefficient (Wildman–Crippen LogP) is 16.9. The number of para-hydroxylation sites is 3. The van der Waals surface area contributed by atoms with Gasteiger partial charge in [0, 0.05) is 54.9 Å². The van der Waals surface area contributed by atoms with Gasteiger partial charge in [0.2, 0.25) is 0 Å². The summed E-state index contributed by atoms with van der Waals surface area (Å²) in [5.74, 6) is 0. The summed E-state index contributed by atoms with van der Waals surface area (Å²) in [5.41, 5.74) is 13.2. The second kappa shape index (κ2) is 14.1. The summed E-state index contributed by atoms with van der Waals surface area (Å²) in [4.78, 5) is 2.41. The molecule has 3 nitrogen and oxygen atoms in total. The van der Waals surface area contributed by atoms with Crippen molar-refractivity contribution in [2.45, 2.75) is 0 Å². The maximum Gasteiger partial charge on any atom is 0.143 e. The lowest BCUT2D eigenvalue weighted by Crippen LogP contribution is -2.10. The van der Waals surface area contributed by atoms with Crippen molar-refractivity contribution in [2.75, 3.05) is 4.90 Å². The van der Waals surface area contributed by atoms with Crippen LogP contribution >= 0.6 is 0 Å². The number of rotatable bonds is 6. The highest BCUT2D eigenvalue weighted by Crippen LogP contribution is 2.44. The predicted molar refractivity (Wildman–Crippen MR) is 266 cm³/mol. The Hall–Kier alpha value is -8.40. The van der Waals surface area contributed by atoms with Gasteiger partial charge in [-0.05, 0) is 98.9 Å². The Labute approximate surface area is 363 Å². The number of nitrogens with zero attached hydrogens (tertiary/aromatic N) is 2. The van der Waals surface area contributed by atoms with Crippen LogP contribution in [0.2, 0.25) is 0 Å². The molecule has 63 heavy (non-hydrogen) atoms. The topological polar surface area (TPSA) is 21.3 Å². The summed E-state index contributed by atoms with van der Waals surface area (Å²) in [5, 5.41) is 12.1. The Bertz CT molecular complexity index is 3900. The molecule has 3 heteroatoms. The van der Waals surface area contributed by atoms with Gasteiger partial charge in [0.1, 0.15) is 11.2 Å². The molecule has 2 aromatic heterocycles. The fourth-order valence-corrected chi connectivity index (χ4v) is 10.0. The highest BCUT2D eigenvalue weighted by molar-refractivity contribution is 6.19. The van der Waals surface area contributed by atoms with E-state index in [1.807, 2.05) is 12.1 Å². The first-order valence-corrected chi connectivity index (χ1v) is 21.6. The van der Waals surface area contributed by atoms with Crippen LogP contribution in [0.5, 0.6) is 0 Å². The number of aromatic nitrogens is 1. The molecular formula is C60H38N2O. The molecule has 0 spiro atoms. The van der Waals surface area contributed by atoms with Crippen LogP contribution in [0.1, 0.15) is 0 Å². The Balaban J connectivity index is 0.955. The molecule has 0 aliphatic heterocycles. The third-order valence-corrected chi connectivity index (χ3v) is 13.0. The summed E-state index contributed by atoms with van der Waals surface area (Å²) >= 11 is 0. The lowest BCUT2D eigenvalue weighted by atomic mass is 9.98. The SMILES string of the molecule is c1ccc(-n2c3ccc(-c4ccc(N(c5ccc(-c6cccc7c6oc6ccccc67)cc5)c5cc6ccccc6c6ccccc56)cc4)cc3c3ccc4ccccc4c32)cc1. The molecule has 0 fully saturated rings. The van der Waals surface area contributed by atoms with Gasteiger partial charge < -0.3 is 13.9 Å². The number of hydrogen-bond donors (Lipinski definition) is 0. The summed E-state index contributed by atoms with van der Waals surface area (Å²) in [6.07, 6.45) is 0. The number of furan rings is 1. The lowest BCUT2D eigenvalue weighted by Gasteiger charge is -2.28. The van der Waals surface area contributed by atoms with E-state index in [1.165, 1.54) is 65.3 Å². The zero-order chi connectivity index (χ0) is 41.4. The van der Waals surface area contributed by atoms with Crippen molar-refractivity contribution < 1.29 is 4.42 Å². The van der Waals surface area contributed by atoms with Crippen LogP contribution in [0.3, 0.4) is 0 Å². The molecule has 0 radical (unpaired) electrons. The Kier molecular flexibility index (Phi) is 7.91. The van der Waals surface area contributed by atoms with Gasteiger partial charge >= 0.3 is 0 Å². The Morgan fingerprint density at radius 2 is 0.968 bits per heavy atom. The quantitative estimate of drug-likeness (QED) is 0.156. The van der Waals surface area contributed by atoms with Gasteiger partial charge in [-0.25, -0.2) is 0 Å². The van der Waals surface area contributed by atoms with E-state index in [9.17, 15) is 0 Å². The molecule has 0 atom stereocenters. The minimum Gasteiger partial charge on any atom is -0.455 e. The number of hydrogen-bond acceptors (Lipinski definition) is 2. The van der Waals surface area contributed by atoms with E-state index in [-0.39, 0.29) is 0 Å². The van der Waals surface area contributed by atoms with Gasteiger partial charge in [0.25, 0.3) is 0 Å². The maximum absolute atomic E-state index is 6.46. The molecular weight excluding hydrogens is 765 g/mol. The molecule has 0 bridgehead atoms. The van der Waals surface area contributed by atoms with Gasteiger partial charge in [-0.2, -0.15) is 0 Å². The van der Waals surface area contributed by atoms with E-state index < -0.39 is 0 Å². The van der Waals surface area contributed by atoms with Crippen LogP contribution in [0, 0.1) is 0 Å². The van der Waals surface area contributed by atoms with Crippen molar-refractivity contribution in [2.24, 2.45) is 0 Å². The van der Waals surface area contributed by atoms with E-state index >= 15 is 0 Å². The standard InChI is InChI=1S/C60H38N2O/c1-2-15-44(16-3-1)62-56-36-30-42(37-55(56)53-35-29-40-13-4-7-18-48(40)59(53)62)39-25-31-45(32-26-39)61(57-38-43-14-5-6-17-47(43)50-19-8-9-20-51(50)57)46-33-27-41(28-34-46)49-22-12-23-54-52-21-10-11-24-58(52)63-60(49)54/h1-38H. The van der Waals surface area contributed by atoms with Crippen molar-refractivity contribution in [3.8, 4) is 27.9 Å². The highest BCUT2D eigenvalue weighted by Gasteiger charge is 2.20. The second-order valence-corrected chi connectivity index (χ2v) is 16.5. The largest absolute Gasteiger partial charge is 0.455 e. The molecule has 13 rings (SSSR count). The van der Waals surface area contributed by atoms with E-state index in [0.29, 0.717) is 0 Å². The van der Waals surface area contributed by atoms with Crippen LogP contribution in [0.15, 0.2) is 235 Å². The van der Waals surface area contributed by atoms with Gasteiger partial charge in [0.15, 0.2) is 0 Å². The third-order valence-electron chi connectivity index (χ3n) is 13.0. The Morgan fingerprint density at radius 1 is 0.349 bits per heavy atom. The first kappa shape index (κ1) is 35.4. The van der Waals surface area contributed by atoms with E-state index in [2.05, 4.69) is 228 Å². The first-order chi connectivity index (χ1) is 31.2. The van der Waals surface area contributed by atoms with Crippen molar-refractivity contribution in [1.29, 1.82) is 0 Å². The summed E-state index contributed by atoms with van der Waals surface area (Å²) < 4.78 is 8.89. The second-order valence-electron chi connectivity index (χ2n) is 16.5. The molecule has 0 N–H and O–H groups in total. The highest BCUT2D eigenvalue weighted by atomic mass is 16.3. The minimum absolute atomic E-state index is 0.904. The van der Waals surface area contributed by atoms with Crippen LogP contribution in [0.4, 0.5) is 17.1 Å².